The quantitative estimate of drug-likeness (QED) is 0.0346. The highest BCUT2D eigenvalue weighted by atomic mass is 16.6. The second-order valence-electron chi connectivity index (χ2n) is 18.9. The number of carbonyl (C=O) groups is 2. The highest BCUT2D eigenvalue weighted by Gasteiger charge is 2.17. The minimum absolute atomic E-state index is 0.0889. The van der Waals surface area contributed by atoms with Gasteiger partial charge >= 0.3 is 11.9 Å². The molecular weight excluding hydrogens is 765 g/mol. The summed E-state index contributed by atoms with van der Waals surface area (Å²) < 4.78 is 17.4. The molecule has 0 N–H and O–H groups in total. The normalized spacial score (nSPS) is 12.2. The summed E-state index contributed by atoms with van der Waals surface area (Å²) in [6, 6.07) is 0. The number of carbonyl (C=O) groups excluding carboxylic acids is 2. The predicted molar refractivity (Wildman–Crippen MR) is 270 cm³/mol. The molecule has 5 nitrogen and oxygen atoms in total. The van der Waals surface area contributed by atoms with Gasteiger partial charge in [0.25, 0.3) is 0 Å². The molecule has 1 atom stereocenters. The molecule has 0 aromatic rings. The fraction of sp³-hybridized carbons (Fsp3) is 0.895. The Morgan fingerprint density at radius 1 is 0.355 bits per heavy atom. The number of hydrogen-bond donors (Lipinski definition) is 0. The third-order valence-electron chi connectivity index (χ3n) is 12.5. The second kappa shape index (κ2) is 53.7. The molecule has 62 heavy (non-hydrogen) atoms. The van der Waals surface area contributed by atoms with Gasteiger partial charge in [0.1, 0.15) is 6.61 Å². The summed E-state index contributed by atoms with van der Waals surface area (Å²) in [4.78, 5) is 25.4. The van der Waals surface area contributed by atoms with Crippen LogP contribution in [0.2, 0.25) is 0 Å². The van der Waals surface area contributed by atoms with E-state index >= 15 is 0 Å². The van der Waals surface area contributed by atoms with Crippen LogP contribution < -0.4 is 0 Å². The summed E-state index contributed by atoms with van der Waals surface area (Å²) in [6.45, 7) is 7.84. The van der Waals surface area contributed by atoms with Crippen LogP contribution in [-0.4, -0.2) is 37.9 Å². The molecule has 0 aliphatic rings. The zero-order valence-corrected chi connectivity index (χ0v) is 42.2. The lowest BCUT2D eigenvalue weighted by Gasteiger charge is -2.18. The first kappa shape index (κ1) is 60.4. The Bertz CT molecular complexity index is 943. The maximum Gasteiger partial charge on any atom is 0.306 e. The second-order valence-corrected chi connectivity index (χ2v) is 18.9. The Morgan fingerprint density at radius 3 is 1.10 bits per heavy atom. The Balaban J connectivity index is 4.17. The number of unbranched alkanes of at least 4 members (excludes halogenated alkanes) is 37. The van der Waals surface area contributed by atoms with Crippen LogP contribution in [0.1, 0.15) is 303 Å². The van der Waals surface area contributed by atoms with E-state index in [0.717, 1.165) is 44.9 Å². The summed E-state index contributed by atoms with van der Waals surface area (Å²) in [5.41, 5.74) is 0. The van der Waals surface area contributed by atoms with Crippen molar-refractivity contribution in [3.05, 3.63) is 24.3 Å². The van der Waals surface area contributed by atoms with Gasteiger partial charge in [0, 0.05) is 19.4 Å². The molecule has 0 spiro atoms. The van der Waals surface area contributed by atoms with Crippen LogP contribution in [0.3, 0.4) is 0 Å². The van der Waals surface area contributed by atoms with Crippen LogP contribution in [0.4, 0.5) is 0 Å². The van der Waals surface area contributed by atoms with Crippen LogP contribution in [-0.2, 0) is 23.8 Å². The Morgan fingerprint density at radius 2 is 0.677 bits per heavy atom. The molecule has 0 radical (unpaired) electrons. The third-order valence-corrected chi connectivity index (χ3v) is 12.5. The molecule has 0 aliphatic heterocycles. The van der Waals surface area contributed by atoms with E-state index in [1.165, 1.54) is 225 Å². The fourth-order valence-electron chi connectivity index (χ4n) is 8.31. The highest BCUT2D eigenvalue weighted by molar-refractivity contribution is 5.70. The Hall–Kier alpha value is -1.62. The van der Waals surface area contributed by atoms with Crippen molar-refractivity contribution in [2.75, 3.05) is 19.8 Å². The van der Waals surface area contributed by atoms with E-state index < -0.39 is 6.10 Å². The summed E-state index contributed by atoms with van der Waals surface area (Å²) in [5, 5.41) is 0. The van der Waals surface area contributed by atoms with Gasteiger partial charge in [0.2, 0.25) is 0 Å². The van der Waals surface area contributed by atoms with Crippen LogP contribution in [0.25, 0.3) is 0 Å². The largest absolute Gasteiger partial charge is 0.462 e. The number of esters is 2. The number of allylic oxidation sites excluding steroid dienone is 4. The molecule has 0 aromatic heterocycles. The first-order chi connectivity index (χ1) is 30.6. The topological polar surface area (TPSA) is 61.8 Å². The van der Waals surface area contributed by atoms with E-state index in [0.29, 0.717) is 19.4 Å². The van der Waals surface area contributed by atoms with Crippen molar-refractivity contribution < 1.29 is 23.8 Å². The average molecular weight is 873 g/mol. The van der Waals surface area contributed by atoms with Crippen molar-refractivity contribution in [2.24, 2.45) is 0 Å². The maximum absolute atomic E-state index is 12.8. The Labute approximate surface area is 387 Å². The van der Waals surface area contributed by atoms with Crippen molar-refractivity contribution in [1.29, 1.82) is 0 Å². The zero-order valence-electron chi connectivity index (χ0n) is 42.2. The average Bonchev–Trinajstić information content (AvgIpc) is 3.27. The molecule has 1 unspecified atom stereocenters. The van der Waals surface area contributed by atoms with E-state index in [9.17, 15) is 9.59 Å². The van der Waals surface area contributed by atoms with Crippen molar-refractivity contribution in [2.45, 2.75) is 309 Å². The van der Waals surface area contributed by atoms with Crippen molar-refractivity contribution >= 4 is 11.9 Å². The highest BCUT2D eigenvalue weighted by Crippen LogP contribution is 2.17. The lowest BCUT2D eigenvalue weighted by Crippen LogP contribution is -2.30. The number of hydrogen-bond acceptors (Lipinski definition) is 5. The van der Waals surface area contributed by atoms with Gasteiger partial charge in [-0.15, -0.1) is 0 Å². The van der Waals surface area contributed by atoms with Gasteiger partial charge in [-0.1, -0.05) is 263 Å². The van der Waals surface area contributed by atoms with Crippen molar-refractivity contribution in [3.8, 4) is 0 Å². The molecule has 0 heterocycles. The molecule has 0 rings (SSSR count). The first-order valence-electron chi connectivity index (χ1n) is 27.9. The van der Waals surface area contributed by atoms with Gasteiger partial charge in [-0.05, 0) is 51.4 Å². The Kier molecular flexibility index (Phi) is 52.3. The van der Waals surface area contributed by atoms with E-state index in [2.05, 4.69) is 45.1 Å². The summed E-state index contributed by atoms with van der Waals surface area (Å²) >= 11 is 0. The molecule has 0 amide bonds. The molecule has 0 saturated heterocycles. The molecular formula is C57H108O5. The SMILES string of the molecule is CCCCC/C=C\C/C=C\CCCCCCCCOCC(COC(=O)CCCCCCCCCCCCCCCCCCCCC)OC(=O)CCCCCCCCCCCCC. The van der Waals surface area contributed by atoms with E-state index in [1.807, 2.05) is 0 Å². The summed E-state index contributed by atoms with van der Waals surface area (Å²) in [5.74, 6) is -0.383. The lowest BCUT2D eigenvalue weighted by atomic mass is 10.0. The van der Waals surface area contributed by atoms with E-state index in [-0.39, 0.29) is 25.2 Å². The lowest BCUT2D eigenvalue weighted by molar-refractivity contribution is -0.163. The first-order valence-corrected chi connectivity index (χ1v) is 27.9. The van der Waals surface area contributed by atoms with E-state index in [1.54, 1.807) is 0 Å². The predicted octanol–water partition coefficient (Wildman–Crippen LogP) is 18.8. The minimum Gasteiger partial charge on any atom is -0.462 e. The molecule has 0 aliphatic carbocycles. The van der Waals surface area contributed by atoms with Gasteiger partial charge in [-0.2, -0.15) is 0 Å². The van der Waals surface area contributed by atoms with Gasteiger partial charge in [-0.3, -0.25) is 9.59 Å². The zero-order chi connectivity index (χ0) is 44.9. The van der Waals surface area contributed by atoms with Crippen LogP contribution in [0, 0.1) is 0 Å². The van der Waals surface area contributed by atoms with Gasteiger partial charge in [0.15, 0.2) is 6.10 Å². The summed E-state index contributed by atoms with van der Waals surface area (Å²) in [6.07, 6.45) is 63.4. The van der Waals surface area contributed by atoms with Crippen LogP contribution in [0.15, 0.2) is 24.3 Å². The standard InChI is InChI=1S/C57H108O5/c1-4-7-10-13-16-19-22-24-26-28-29-30-31-33-36-38-41-44-47-50-56(58)61-54-55(62-57(59)51-48-45-42-39-35-21-18-15-12-9-6-3)53-60-52-49-46-43-40-37-34-32-27-25-23-20-17-14-11-8-5-2/h17,20,25,27,55H,4-16,18-19,21-24,26,28-54H2,1-3H3/b20-17-,27-25-. The monoisotopic (exact) mass is 873 g/mol. The van der Waals surface area contributed by atoms with Gasteiger partial charge in [-0.25, -0.2) is 0 Å². The number of ether oxygens (including phenoxy) is 3. The molecule has 0 aromatic carbocycles. The van der Waals surface area contributed by atoms with Crippen molar-refractivity contribution in [3.63, 3.8) is 0 Å². The molecule has 0 bridgehead atoms. The molecule has 5 heteroatoms. The third kappa shape index (κ3) is 51.0. The fourth-order valence-corrected chi connectivity index (χ4v) is 8.31. The summed E-state index contributed by atoms with van der Waals surface area (Å²) in [7, 11) is 0. The van der Waals surface area contributed by atoms with Crippen LogP contribution in [0.5, 0.6) is 0 Å². The molecule has 366 valence electrons. The molecule has 0 fully saturated rings. The van der Waals surface area contributed by atoms with Crippen LogP contribution >= 0.6 is 0 Å². The minimum atomic E-state index is -0.533. The van der Waals surface area contributed by atoms with Gasteiger partial charge < -0.3 is 14.2 Å². The van der Waals surface area contributed by atoms with E-state index in [4.69, 9.17) is 14.2 Å². The smallest absolute Gasteiger partial charge is 0.306 e. The maximum atomic E-state index is 12.8. The van der Waals surface area contributed by atoms with Gasteiger partial charge in [0.05, 0.1) is 6.61 Å². The molecule has 0 saturated carbocycles. The number of rotatable bonds is 52. The van der Waals surface area contributed by atoms with Crippen molar-refractivity contribution in [1.82, 2.24) is 0 Å².